The summed E-state index contributed by atoms with van der Waals surface area (Å²) >= 11 is 6.04. The van der Waals surface area contributed by atoms with Gasteiger partial charge in [-0.1, -0.05) is 17.7 Å². The van der Waals surface area contributed by atoms with E-state index in [4.69, 9.17) is 16.0 Å². The lowest BCUT2D eigenvalue weighted by molar-refractivity contribution is 0.102. The van der Waals surface area contributed by atoms with Crippen molar-refractivity contribution in [3.63, 3.8) is 0 Å². The van der Waals surface area contributed by atoms with Gasteiger partial charge in [0.05, 0.1) is 10.6 Å². The minimum absolute atomic E-state index is 0.182. The van der Waals surface area contributed by atoms with Gasteiger partial charge in [-0.05, 0) is 54.6 Å². The number of carbonyl (C=O) groups excluding carboxylic acids is 1. The second kappa shape index (κ2) is 6.81. The maximum absolute atomic E-state index is 13.3. The molecule has 0 saturated carbocycles. The molecule has 0 aliphatic carbocycles. The SMILES string of the molecule is O=C(Nc1ccc2oc(-c3ccc(F)cc3Cl)nc2c1)c1cccc(F)c1. The molecule has 1 aromatic heterocycles. The van der Waals surface area contributed by atoms with Crippen molar-refractivity contribution in [2.24, 2.45) is 0 Å². The van der Waals surface area contributed by atoms with Crippen LogP contribution in [0.15, 0.2) is 65.1 Å². The van der Waals surface area contributed by atoms with Crippen LogP contribution in [0, 0.1) is 11.6 Å². The highest BCUT2D eigenvalue weighted by molar-refractivity contribution is 6.33. The van der Waals surface area contributed by atoms with Gasteiger partial charge < -0.3 is 9.73 Å². The number of hydrogen-bond donors (Lipinski definition) is 1. The summed E-state index contributed by atoms with van der Waals surface area (Å²) in [5.74, 6) is -1.15. The Hall–Kier alpha value is -3.25. The van der Waals surface area contributed by atoms with E-state index in [-0.39, 0.29) is 16.5 Å². The normalized spacial score (nSPS) is 10.9. The molecule has 0 aliphatic rings. The van der Waals surface area contributed by atoms with Crippen LogP contribution in [0.4, 0.5) is 14.5 Å². The first-order valence-corrected chi connectivity index (χ1v) is 8.30. The molecule has 0 unspecified atom stereocenters. The van der Waals surface area contributed by atoms with Crippen molar-refractivity contribution in [3.05, 3.63) is 82.9 Å². The summed E-state index contributed by atoms with van der Waals surface area (Å²) in [6, 6.07) is 14.2. The minimum atomic E-state index is -0.490. The number of rotatable bonds is 3. The molecule has 0 fully saturated rings. The van der Waals surface area contributed by atoms with Crippen molar-refractivity contribution in [3.8, 4) is 11.5 Å². The Labute approximate surface area is 157 Å². The monoisotopic (exact) mass is 384 g/mol. The smallest absolute Gasteiger partial charge is 0.255 e. The predicted molar refractivity (Wildman–Crippen MR) is 98.8 cm³/mol. The molecule has 7 heteroatoms. The Morgan fingerprint density at radius 2 is 1.81 bits per heavy atom. The third-order valence-corrected chi connectivity index (χ3v) is 4.21. The topological polar surface area (TPSA) is 55.1 Å². The number of halogens is 3. The van der Waals surface area contributed by atoms with Crippen LogP contribution in [-0.2, 0) is 0 Å². The van der Waals surface area contributed by atoms with Crippen molar-refractivity contribution in [1.82, 2.24) is 4.98 Å². The molecule has 27 heavy (non-hydrogen) atoms. The van der Waals surface area contributed by atoms with Gasteiger partial charge in [0.15, 0.2) is 5.58 Å². The van der Waals surface area contributed by atoms with E-state index in [1.165, 1.54) is 36.4 Å². The fourth-order valence-electron chi connectivity index (χ4n) is 2.62. The van der Waals surface area contributed by atoms with Crippen LogP contribution in [-0.4, -0.2) is 10.9 Å². The van der Waals surface area contributed by atoms with Crippen molar-refractivity contribution >= 4 is 34.3 Å². The fraction of sp³-hybridized carbons (Fsp3) is 0. The summed E-state index contributed by atoms with van der Waals surface area (Å²) in [5, 5.41) is 2.86. The van der Waals surface area contributed by atoms with Gasteiger partial charge in [0.2, 0.25) is 5.89 Å². The van der Waals surface area contributed by atoms with Gasteiger partial charge in [-0.15, -0.1) is 0 Å². The van der Waals surface area contributed by atoms with Crippen LogP contribution in [0.5, 0.6) is 0 Å². The molecule has 4 aromatic rings. The molecular weight excluding hydrogens is 374 g/mol. The van der Waals surface area contributed by atoms with E-state index in [1.54, 1.807) is 18.2 Å². The van der Waals surface area contributed by atoms with E-state index in [0.29, 0.717) is 22.4 Å². The van der Waals surface area contributed by atoms with E-state index in [9.17, 15) is 13.6 Å². The zero-order valence-corrected chi connectivity index (χ0v) is 14.4. The Bertz CT molecular complexity index is 1170. The van der Waals surface area contributed by atoms with Gasteiger partial charge in [-0.3, -0.25) is 4.79 Å². The van der Waals surface area contributed by atoms with E-state index in [2.05, 4.69) is 10.3 Å². The number of aromatic nitrogens is 1. The van der Waals surface area contributed by atoms with Gasteiger partial charge in [0.25, 0.3) is 5.91 Å². The second-order valence-electron chi connectivity index (χ2n) is 5.79. The van der Waals surface area contributed by atoms with Gasteiger partial charge in [0, 0.05) is 11.3 Å². The summed E-state index contributed by atoms with van der Waals surface area (Å²) in [6.45, 7) is 0. The van der Waals surface area contributed by atoms with Crippen LogP contribution in [0.2, 0.25) is 5.02 Å². The minimum Gasteiger partial charge on any atom is -0.436 e. The number of carbonyl (C=O) groups is 1. The highest BCUT2D eigenvalue weighted by atomic mass is 35.5. The van der Waals surface area contributed by atoms with Crippen LogP contribution >= 0.6 is 11.6 Å². The maximum atomic E-state index is 13.3. The van der Waals surface area contributed by atoms with Gasteiger partial charge >= 0.3 is 0 Å². The van der Waals surface area contributed by atoms with Crippen LogP contribution in [0.25, 0.3) is 22.6 Å². The lowest BCUT2D eigenvalue weighted by atomic mass is 10.2. The number of nitrogens with zero attached hydrogens (tertiary/aromatic N) is 1. The third kappa shape index (κ3) is 3.52. The zero-order valence-electron chi connectivity index (χ0n) is 13.7. The Morgan fingerprint density at radius 1 is 1.00 bits per heavy atom. The number of fused-ring (bicyclic) bond motifs is 1. The van der Waals surface area contributed by atoms with Gasteiger partial charge in [0.1, 0.15) is 17.2 Å². The lowest BCUT2D eigenvalue weighted by Gasteiger charge is -2.04. The summed E-state index contributed by atoms with van der Waals surface area (Å²) < 4.78 is 32.1. The Kier molecular flexibility index (Phi) is 4.33. The highest BCUT2D eigenvalue weighted by Crippen LogP contribution is 2.31. The number of amides is 1. The summed E-state index contributed by atoms with van der Waals surface area (Å²) in [5.41, 5.74) is 2.10. The largest absolute Gasteiger partial charge is 0.436 e. The molecule has 0 saturated heterocycles. The van der Waals surface area contributed by atoms with Crippen molar-refractivity contribution in [2.75, 3.05) is 5.32 Å². The number of oxazole rings is 1. The van der Waals surface area contributed by atoms with Crippen molar-refractivity contribution in [2.45, 2.75) is 0 Å². The number of anilines is 1. The van der Waals surface area contributed by atoms with E-state index < -0.39 is 17.5 Å². The molecule has 0 bridgehead atoms. The first kappa shape index (κ1) is 17.2. The zero-order chi connectivity index (χ0) is 19.0. The molecule has 0 spiro atoms. The summed E-state index contributed by atoms with van der Waals surface area (Å²) in [4.78, 5) is 16.6. The number of benzene rings is 3. The third-order valence-electron chi connectivity index (χ3n) is 3.89. The average Bonchev–Trinajstić information content (AvgIpc) is 3.04. The molecular formula is C20H11ClF2N2O2. The molecule has 134 valence electrons. The number of nitrogens with one attached hydrogen (secondary N) is 1. The molecule has 0 aliphatic heterocycles. The molecule has 1 N–H and O–H groups in total. The van der Waals surface area contributed by atoms with Crippen molar-refractivity contribution in [1.29, 1.82) is 0 Å². The maximum Gasteiger partial charge on any atom is 0.255 e. The molecule has 3 aromatic carbocycles. The van der Waals surface area contributed by atoms with Crippen LogP contribution < -0.4 is 5.32 Å². The number of hydrogen-bond acceptors (Lipinski definition) is 3. The first-order valence-electron chi connectivity index (χ1n) is 7.92. The standard InChI is InChI=1S/C20H11ClF2N2O2/c21-16-9-13(23)4-6-15(16)20-25-17-10-14(5-7-18(17)27-20)24-19(26)11-2-1-3-12(22)8-11/h1-10H,(H,24,26). The lowest BCUT2D eigenvalue weighted by Crippen LogP contribution is -2.11. The summed E-state index contributed by atoms with van der Waals surface area (Å²) in [6.07, 6.45) is 0. The Morgan fingerprint density at radius 3 is 2.59 bits per heavy atom. The second-order valence-corrected chi connectivity index (χ2v) is 6.20. The van der Waals surface area contributed by atoms with E-state index >= 15 is 0 Å². The molecule has 0 atom stereocenters. The van der Waals surface area contributed by atoms with E-state index in [1.807, 2.05) is 0 Å². The van der Waals surface area contributed by atoms with E-state index in [0.717, 1.165) is 6.07 Å². The highest BCUT2D eigenvalue weighted by Gasteiger charge is 2.14. The van der Waals surface area contributed by atoms with Crippen LogP contribution in [0.1, 0.15) is 10.4 Å². The van der Waals surface area contributed by atoms with Crippen molar-refractivity contribution < 1.29 is 18.0 Å². The Balaban J connectivity index is 1.64. The average molecular weight is 385 g/mol. The quantitative estimate of drug-likeness (QED) is 0.494. The van der Waals surface area contributed by atoms with Gasteiger partial charge in [-0.2, -0.15) is 0 Å². The molecule has 4 nitrogen and oxygen atoms in total. The summed E-state index contributed by atoms with van der Waals surface area (Å²) in [7, 11) is 0. The van der Waals surface area contributed by atoms with Crippen LogP contribution in [0.3, 0.4) is 0 Å². The predicted octanol–water partition coefficient (Wildman–Crippen LogP) is 5.68. The molecule has 1 amide bonds. The molecule has 0 radical (unpaired) electrons. The first-order chi connectivity index (χ1) is 13.0. The fourth-order valence-corrected chi connectivity index (χ4v) is 2.86. The van der Waals surface area contributed by atoms with Gasteiger partial charge in [-0.25, -0.2) is 13.8 Å². The molecule has 4 rings (SSSR count). The molecule has 1 heterocycles.